The van der Waals surface area contributed by atoms with Crippen molar-refractivity contribution in [2.24, 2.45) is 11.8 Å². The van der Waals surface area contributed by atoms with Crippen molar-refractivity contribution in [3.63, 3.8) is 0 Å². The first kappa shape index (κ1) is 22.7. The number of rotatable bonds is 4. The van der Waals surface area contributed by atoms with Gasteiger partial charge in [-0.15, -0.1) is 0 Å². The highest BCUT2D eigenvalue weighted by atomic mass is 32.2. The van der Waals surface area contributed by atoms with Crippen LogP contribution in [0.1, 0.15) is 38.3 Å². The fraction of sp³-hybridized carbons (Fsp3) is 0.550. The fourth-order valence-electron chi connectivity index (χ4n) is 5.27. The monoisotopic (exact) mass is 471 g/mol. The Morgan fingerprint density at radius 1 is 1.25 bits per heavy atom. The molecular weight excluding hydrogens is 451 g/mol. The van der Waals surface area contributed by atoms with Gasteiger partial charge in [-0.05, 0) is 45.4 Å². The highest BCUT2D eigenvalue weighted by Gasteiger charge is 2.76. The Labute approximate surface area is 182 Å². The highest BCUT2D eigenvalue weighted by molar-refractivity contribution is 7.89. The molecule has 3 aliphatic heterocycles. The third-order valence-corrected chi connectivity index (χ3v) is 8.13. The summed E-state index contributed by atoms with van der Waals surface area (Å²) in [6.45, 7) is 4.60. The number of benzene rings is 1. The summed E-state index contributed by atoms with van der Waals surface area (Å²) in [4.78, 5) is 27.3. The molecule has 3 aliphatic rings. The maximum atomic E-state index is 13.4. The molecule has 4 rings (SSSR count). The van der Waals surface area contributed by atoms with Crippen molar-refractivity contribution in [3.05, 3.63) is 29.3 Å². The first-order valence-corrected chi connectivity index (χ1v) is 11.5. The second-order valence-electron chi connectivity index (χ2n) is 8.68. The molecule has 12 heteroatoms. The van der Waals surface area contributed by atoms with Gasteiger partial charge in [0.1, 0.15) is 0 Å². The maximum absolute atomic E-state index is 13.4. The van der Waals surface area contributed by atoms with Crippen LogP contribution in [0.25, 0.3) is 0 Å². The molecule has 8 nitrogen and oxygen atoms in total. The standard InChI is InChI=1S/C20H20F3N3O5S/c1-4-32(29,30)25-13-8-18(2)14-15(19(13,3)31-18)17(28)26(16(14)27)11-6-5-10(9-24)12(7-11)20(21,22)23/h5-7,13-15,25H,4,8H2,1-3H3/t13-,14-,15+,18+,19+/m1/s1. The Morgan fingerprint density at radius 3 is 2.44 bits per heavy atom. The van der Waals surface area contributed by atoms with E-state index >= 15 is 0 Å². The molecule has 0 aliphatic carbocycles. The van der Waals surface area contributed by atoms with Crippen molar-refractivity contribution in [3.8, 4) is 6.07 Å². The number of amides is 2. The van der Waals surface area contributed by atoms with Gasteiger partial charge in [0.05, 0.1) is 57.7 Å². The van der Waals surface area contributed by atoms with Gasteiger partial charge < -0.3 is 4.74 Å². The number of anilines is 1. The predicted molar refractivity (Wildman–Crippen MR) is 105 cm³/mol. The zero-order valence-corrected chi connectivity index (χ0v) is 18.2. The number of nitriles is 1. The molecule has 0 radical (unpaired) electrons. The fourth-order valence-corrected chi connectivity index (χ4v) is 6.19. The van der Waals surface area contributed by atoms with Crippen LogP contribution in [0, 0.1) is 23.2 Å². The normalized spacial score (nSPS) is 34.2. The number of nitrogens with zero attached hydrogens (tertiary/aromatic N) is 2. The molecule has 0 saturated carbocycles. The molecule has 0 unspecified atom stereocenters. The number of imide groups is 1. The zero-order valence-electron chi connectivity index (χ0n) is 17.4. The lowest BCUT2D eigenvalue weighted by atomic mass is 9.67. The third kappa shape index (κ3) is 3.06. The van der Waals surface area contributed by atoms with Crippen LogP contribution in [0.5, 0.6) is 0 Å². The van der Waals surface area contributed by atoms with Crippen molar-refractivity contribution in [2.45, 2.75) is 50.6 Å². The quantitative estimate of drug-likeness (QED) is 0.671. The second-order valence-corrected chi connectivity index (χ2v) is 10.7. The minimum absolute atomic E-state index is 0.137. The van der Waals surface area contributed by atoms with E-state index < -0.39 is 68.2 Å². The average Bonchev–Trinajstić information content (AvgIpc) is 3.21. The summed E-state index contributed by atoms with van der Waals surface area (Å²) in [6, 6.07) is 3.33. The first-order chi connectivity index (χ1) is 14.7. The average molecular weight is 471 g/mol. The molecular formula is C20H20F3N3O5S. The summed E-state index contributed by atoms with van der Waals surface area (Å²) in [5, 5.41) is 8.99. The lowest BCUT2D eigenvalue weighted by molar-refractivity contribution is -0.138. The molecule has 1 aromatic carbocycles. The van der Waals surface area contributed by atoms with E-state index in [1.807, 2.05) is 0 Å². The van der Waals surface area contributed by atoms with Crippen LogP contribution >= 0.6 is 0 Å². The van der Waals surface area contributed by atoms with Crippen molar-refractivity contribution in [1.29, 1.82) is 5.26 Å². The molecule has 1 aromatic rings. The molecule has 172 valence electrons. The Kier molecular flexibility index (Phi) is 4.79. The van der Waals surface area contributed by atoms with E-state index in [0.29, 0.717) is 11.0 Å². The number of nitrogens with one attached hydrogen (secondary N) is 1. The lowest BCUT2D eigenvalue weighted by Gasteiger charge is -2.35. The number of hydrogen-bond donors (Lipinski definition) is 1. The Morgan fingerprint density at radius 2 is 1.88 bits per heavy atom. The number of carbonyl (C=O) groups is 2. The molecule has 0 spiro atoms. The summed E-state index contributed by atoms with van der Waals surface area (Å²) < 4.78 is 73.0. The molecule has 3 saturated heterocycles. The van der Waals surface area contributed by atoms with E-state index in [9.17, 15) is 31.2 Å². The van der Waals surface area contributed by atoms with Crippen molar-refractivity contribution >= 4 is 27.5 Å². The van der Waals surface area contributed by atoms with Crippen LogP contribution in [-0.2, 0) is 30.5 Å². The van der Waals surface area contributed by atoms with Crippen LogP contribution in [0.4, 0.5) is 18.9 Å². The SMILES string of the molecule is CCS(=O)(=O)N[C@@H]1C[C@]2(C)O[C@]1(C)[C@@H]1C(=O)N(c3ccc(C#N)c(C(F)(F)F)c3)C(=O)[C@@H]12. The molecule has 2 bridgehead atoms. The minimum Gasteiger partial charge on any atom is -0.366 e. The number of fused-ring (bicyclic) bond motifs is 5. The number of carbonyl (C=O) groups excluding carboxylic acids is 2. The van der Waals surface area contributed by atoms with Gasteiger partial charge in [0.2, 0.25) is 21.8 Å². The van der Waals surface area contributed by atoms with Gasteiger partial charge in [-0.1, -0.05) is 0 Å². The summed E-state index contributed by atoms with van der Waals surface area (Å²) in [5.74, 6) is -3.68. The molecule has 32 heavy (non-hydrogen) atoms. The van der Waals surface area contributed by atoms with E-state index in [-0.39, 0.29) is 17.9 Å². The molecule has 1 N–H and O–H groups in total. The summed E-state index contributed by atoms with van der Waals surface area (Å²) in [5.41, 5.74) is -4.68. The van der Waals surface area contributed by atoms with Gasteiger partial charge in [-0.25, -0.2) is 18.0 Å². The van der Waals surface area contributed by atoms with Gasteiger partial charge in [-0.3, -0.25) is 9.59 Å². The van der Waals surface area contributed by atoms with Crippen LogP contribution in [0.15, 0.2) is 18.2 Å². The smallest absolute Gasteiger partial charge is 0.366 e. The van der Waals surface area contributed by atoms with Crippen LogP contribution in [-0.4, -0.2) is 43.2 Å². The Balaban J connectivity index is 1.76. The number of ether oxygens (including phenoxy) is 1. The van der Waals surface area contributed by atoms with Gasteiger partial charge in [0.25, 0.3) is 0 Å². The number of sulfonamides is 1. The van der Waals surface area contributed by atoms with E-state index in [1.165, 1.54) is 13.0 Å². The summed E-state index contributed by atoms with van der Waals surface area (Å²) >= 11 is 0. The van der Waals surface area contributed by atoms with Crippen molar-refractivity contribution in [2.75, 3.05) is 10.7 Å². The Bertz CT molecular complexity index is 1180. The third-order valence-electron chi connectivity index (χ3n) is 6.73. The van der Waals surface area contributed by atoms with Crippen LogP contribution in [0.3, 0.4) is 0 Å². The topological polar surface area (TPSA) is 117 Å². The van der Waals surface area contributed by atoms with E-state index in [2.05, 4.69) is 4.72 Å². The van der Waals surface area contributed by atoms with Crippen LogP contribution in [0.2, 0.25) is 0 Å². The molecule has 3 fully saturated rings. The highest BCUT2D eigenvalue weighted by Crippen LogP contribution is 2.61. The van der Waals surface area contributed by atoms with E-state index in [1.54, 1.807) is 13.8 Å². The summed E-state index contributed by atoms with van der Waals surface area (Å²) in [7, 11) is -3.64. The minimum atomic E-state index is -4.85. The van der Waals surface area contributed by atoms with Gasteiger partial charge in [0, 0.05) is 0 Å². The van der Waals surface area contributed by atoms with Crippen molar-refractivity contribution < 1.29 is 35.9 Å². The molecule has 5 atom stereocenters. The number of halogens is 3. The molecule has 2 amide bonds. The summed E-state index contributed by atoms with van der Waals surface area (Å²) in [6.07, 6.45) is -4.72. The zero-order chi connectivity index (χ0) is 23.9. The molecule has 3 heterocycles. The first-order valence-electron chi connectivity index (χ1n) is 9.88. The van der Waals surface area contributed by atoms with Crippen molar-refractivity contribution in [1.82, 2.24) is 4.72 Å². The largest absolute Gasteiger partial charge is 0.417 e. The number of hydrogen-bond acceptors (Lipinski definition) is 6. The Hall–Kier alpha value is -2.49. The predicted octanol–water partition coefficient (Wildman–Crippen LogP) is 1.94. The number of alkyl halides is 3. The lowest BCUT2D eigenvalue weighted by Crippen LogP contribution is -2.56. The van der Waals surface area contributed by atoms with E-state index in [0.717, 1.165) is 12.1 Å². The van der Waals surface area contributed by atoms with Crippen LogP contribution < -0.4 is 9.62 Å². The van der Waals surface area contributed by atoms with Gasteiger partial charge >= 0.3 is 6.18 Å². The van der Waals surface area contributed by atoms with Gasteiger partial charge in [-0.2, -0.15) is 18.4 Å². The maximum Gasteiger partial charge on any atom is 0.417 e. The molecule has 0 aromatic heterocycles. The van der Waals surface area contributed by atoms with E-state index in [4.69, 9.17) is 10.00 Å². The van der Waals surface area contributed by atoms with Gasteiger partial charge in [0.15, 0.2) is 0 Å². The second kappa shape index (κ2) is 6.76.